The summed E-state index contributed by atoms with van der Waals surface area (Å²) in [6, 6.07) is 2.89. The third-order valence-corrected chi connectivity index (χ3v) is 4.03. The molecule has 0 radical (unpaired) electrons. The van der Waals surface area contributed by atoms with Crippen LogP contribution < -0.4 is 5.56 Å². The molecule has 3 rings (SSSR count). The minimum absolute atomic E-state index is 0.0517. The van der Waals surface area contributed by atoms with E-state index in [1.165, 1.54) is 35.8 Å². The Morgan fingerprint density at radius 3 is 2.64 bits per heavy atom. The van der Waals surface area contributed by atoms with E-state index in [2.05, 4.69) is 15.0 Å². The van der Waals surface area contributed by atoms with Gasteiger partial charge in [-0.25, -0.2) is 14.8 Å². The maximum atomic E-state index is 12.8. The molecule has 0 fully saturated rings. The second-order valence-electron chi connectivity index (χ2n) is 6.85. The zero-order chi connectivity index (χ0) is 20.3. The number of hydrogen-bond acceptors (Lipinski definition) is 7. The van der Waals surface area contributed by atoms with Crippen molar-refractivity contribution in [2.45, 2.75) is 26.4 Å². The van der Waals surface area contributed by atoms with Gasteiger partial charge in [0.15, 0.2) is 0 Å². The molecular formula is C19H18N4O4S. The van der Waals surface area contributed by atoms with Gasteiger partial charge in [-0.1, -0.05) is 0 Å². The molecule has 0 spiro atoms. The number of nitrogens with one attached hydrogen (secondary N) is 1. The monoisotopic (exact) mass is 398 g/mol. The van der Waals surface area contributed by atoms with Crippen LogP contribution in [0.5, 0.6) is 0 Å². The topological polar surface area (TPSA) is 105 Å². The first-order valence-corrected chi connectivity index (χ1v) is 9.30. The fraction of sp³-hybridized carbons (Fsp3) is 0.211. The van der Waals surface area contributed by atoms with Crippen molar-refractivity contribution in [3.05, 3.63) is 62.6 Å². The summed E-state index contributed by atoms with van der Waals surface area (Å²) in [5.41, 5.74) is 1.95. The fourth-order valence-electron chi connectivity index (χ4n) is 2.26. The van der Waals surface area contributed by atoms with E-state index in [4.69, 9.17) is 4.74 Å². The third-order valence-electron chi connectivity index (χ3n) is 3.43. The molecular weight excluding hydrogens is 380 g/mol. The van der Waals surface area contributed by atoms with E-state index in [1.807, 2.05) is 5.38 Å². The van der Waals surface area contributed by atoms with Gasteiger partial charge < -0.3 is 9.72 Å². The number of thiazole rings is 1. The van der Waals surface area contributed by atoms with Crippen molar-refractivity contribution >= 4 is 41.3 Å². The summed E-state index contributed by atoms with van der Waals surface area (Å²) in [4.78, 5) is 48.4. The number of pyridine rings is 1. The van der Waals surface area contributed by atoms with Crippen LogP contribution in [-0.2, 0) is 9.53 Å². The molecule has 8 nitrogen and oxygen atoms in total. The molecule has 2 aromatic heterocycles. The predicted octanol–water partition coefficient (Wildman–Crippen LogP) is 3.06. The molecule has 3 heterocycles. The zero-order valence-corrected chi connectivity index (χ0v) is 16.3. The molecule has 0 aromatic carbocycles. The van der Waals surface area contributed by atoms with E-state index in [0.29, 0.717) is 11.3 Å². The van der Waals surface area contributed by atoms with E-state index in [0.717, 1.165) is 4.90 Å². The molecule has 0 saturated carbocycles. The van der Waals surface area contributed by atoms with Gasteiger partial charge in [-0.05, 0) is 50.6 Å². The zero-order valence-electron chi connectivity index (χ0n) is 15.5. The van der Waals surface area contributed by atoms with Crippen molar-refractivity contribution < 1.29 is 14.3 Å². The van der Waals surface area contributed by atoms with E-state index in [9.17, 15) is 14.4 Å². The summed E-state index contributed by atoms with van der Waals surface area (Å²) in [5.74, 6) is -0.485. The standard InChI is InChI=1S/C19H18N4O4S/c1-19(2,3)27-18(26)23-15(6-5-13-10-28-11-21-13)22-14(17(23)25)8-12-4-7-16(24)20-9-12/h4-11H,1-3H3,(H,20,24)/b6-5+,14-8-. The minimum atomic E-state index is -0.816. The van der Waals surface area contributed by atoms with Gasteiger partial charge in [-0.2, -0.15) is 4.90 Å². The van der Waals surface area contributed by atoms with Crippen LogP contribution in [0.1, 0.15) is 32.0 Å². The number of aliphatic imine (C=N–C) groups is 1. The number of rotatable bonds is 3. The second kappa shape index (κ2) is 7.73. The molecule has 28 heavy (non-hydrogen) atoms. The fourth-order valence-corrected chi connectivity index (χ4v) is 2.79. The van der Waals surface area contributed by atoms with Gasteiger partial charge in [-0.15, -0.1) is 11.3 Å². The number of imide groups is 1. The summed E-state index contributed by atoms with van der Waals surface area (Å²) >= 11 is 1.43. The molecule has 1 N–H and O–H groups in total. The number of aromatic nitrogens is 2. The van der Waals surface area contributed by atoms with Crippen LogP contribution in [0.15, 0.2) is 50.8 Å². The highest BCUT2D eigenvalue weighted by atomic mass is 32.1. The SMILES string of the molecule is CC(C)(C)OC(=O)N1C(=O)/C(=C/c2ccc(=O)[nH]c2)N=C1/C=C/c1cscn1. The molecule has 0 aliphatic carbocycles. The van der Waals surface area contributed by atoms with Crippen molar-refractivity contribution in [3.8, 4) is 0 Å². The van der Waals surface area contributed by atoms with Crippen molar-refractivity contribution in [2.24, 2.45) is 4.99 Å². The number of nitrogens with zero attached hydrogens (tertiary/aromatic N) is 3. The summed E-state index contributed by atoms with van der Waals surface area (Å²) in [5, 5.41) is 1.82. The Morgan fingerprint density at radius 1 is 1.25 bits per heavy atom. The molecule has 2 aromatic rings. The largest absolute Gasteiger partial charge is 0.443 e. The Balaban J connectivity index is 1.96. The van der Waals surface area contributed by atoms with Crippen LogP contribution in [0.2, 0.25) is 0 Å². The Hall–Kier alpha value is -3.33. The number of H-pyrrole nitrogens is 1. The first-order valence-electron chi connectivity index (χ1n) is 8.36. The quantitative estimate of drug-likeness (QED) is 0.800. The number of aromatic amines is 1. The Bertz CT molecular complexity index is 1020. The number of hydrogen-bond donors (Lipinski definition) is 1. The summed E-state index contributed by atoms with van der Waals surface area (Å²) in [7, 11) is 0. The summed E-state index contributed by atoms with van der Waals surface area (Å²) < 4.78 is 5.34. The molecule has 1 aliphatic rings. The minimum Gasteiger partial charge on any atom is -0.443 e. The first-order chi connectivity index (χ1) is 13.2. The van der Waals surface area contributed by atoms with Gasteiger partial charge in [0.25, 0.3) is 5.91 Å². The van der Waals surface area contributed by atoms with E-state index in [-0.39, 0.29) is 17.1 Å². The van der Waals surface area contributed by atoms with E-state index >= 15 is 0 Å². The number of carbonyl (C=O) groups is 2. The van der Waals surface area contributed by atoms with Gasteiger partial charge in [0.05, 0.1) is 11.2 Å². The molecule has 0 atom stereocenters. The van der Waals surface area contributed by atoms with Gasteiger partial charge >= 0.3 is 6.09 Å². The third kappa shape index (κ3) is 4.68. The maximum absolute atomic E-state index is 12.8. The van der Waals surface area contributed by atoms with E-state index in [1.54, 1.807) is 38.4 Å². The van der Waals surface area contributed by atoms with Crippen LogP contribution in [0.4, 0.5) is 4.79 Å². The van der Waals surface area contributed by atoms with Crippen LogP contribution in [0, 0.1) is 0 Å². The summed E-state index contributed by atoms with van der Waals surface area (Å²) in [6.45, 7) is 5.14. The molecule has 2 amide bonds. The molecule has 144 valence electrons. The highest BCUT2D eigenvalue weighted by Gasteiger charge is 2.37. The Morgan fingerprint density at radius 2 is 2.04 bits per heavy atom. The van der Waals surface area contributed by atoms with Gasteiger partial charge in [0.1, 0.15) is 17.1 Å². The molecule has 1 aliphatic heterocycles. The number of amides is 2. The lowest BCUT2D eigenvalue weighted by Gasteiger charge is -2.23. The van der Waals surface area contributed by atoms with E-state index < -0.39 is 17.6 Å². The van der Waals surface area contributed by atoms with Crippen molar-refractivity contribution in [1.29, 1.82) is 0 Å². The second-order valence-corrected chi connectivity index (χ2v) is 7.57. The van der Waals surface area contributed by atoms with Crippen LogP contribution in [0.3, 0.4) is 0 Å². The number of amidine groups is 1. The summed E-state index contributed by atoms with van der Waals surface area (Å²) in [6.07, 6.45) is 5.32. The highest BCUT2D eigenvalue weighted by Crippen LogP contribution is 2.22. The normalized spacial score (nSPS) is 16.1. The molecule has 0 bridgehead atoms. The lowest BCUT2D eigenvalue weighted by molar-refractivity contribution is -0.122. The number of ether oxygens (including phenoxy) is 1. The van der Waals surface area contributed by atoms with Crippen LogP contribution >= 0.6 is 11.3 Å². The smallest absolute Gasteiger partial charge is 0.423 e. The van der Waals surface area contributed by atoms with Crippen LogP contribution in [0.25, 0.3) is 12.2 Å². The van der Waals surface area contributed by atoms with Crippen molar-refractivity contribution in [2.75, 3.05) is 0 Å². The van der Waals surface area contributed by atoms with Gasteiger partial charge in [-0.3, -0.25) is 9.59 Å². The lowest BCUT2D eigenvalue weighted by atomic mass is 10.2. The Kier molecular flexibility index (Phi) is 5.36. The predicted molar refractivity (Wildman–Crippen MR) is 107 cm³/mol. The van der Waals surface area contributed by atoms with Gasteiger partial charge in [0.2, 0.25) is 5.56 Å². The molecule has 0 unspecified atom stereocenters. The van der Waals surface area contributed by atoms with Crippen LogP contribution in [-0.4, -0.2) is 38.3 Å². The highest BCUT2D eigenvalue weighted by molar-refractivity contribution is 7.07. The lowest BCUT2D eigenvalue weighted by Crippen LogP contribution is -2.41. The van der Waals surface area contributed by atoms with Crippen molar-refractivity contribution in [3.63, 3.8) is 0 Å². The van der Waals surface area contributed by atoms with Crippen molar-refractivity contribution in [1.82, 2.24) is 14.9 Å². The maximum Gasteiger partial charge on any atom is 0.423 e. The number of carbonyl (C=O) groups excluding carboxylic acids is 2. The molecule has 0 saturated heterocycles. The first kappa shape index (κ1) is 19.4. The molecule has 9 heteroatoms. The average molecular weight is 398 g/mol. The Labute approximate surface area is 164 Å². The van der Waals surface area contributed by atoms with Gasteiger partial charge in [0, 0.05) is 17.6 Å². The average Bonchev–Trinajstić information content (AvgIpc) is 3.22.